The van der Waals surface area contributed by atoms with Crippen molar-refractivity contribution in [3.05, 3.63) is 53.1 Å². The van der Waals surface area contributed by atoms with Crippen LogP contribution >= 0.6 is 0 Å². The van der Waals surface area contributed by atoms with Crippen LogP contribution < -0.4 is 0 Å². The fraction of sp³-hybridized carbons (Fsp3) is 0.333. The molecule has 0 spiro atoms. The fourth-order valence-corrected chi connectivity index (χ4v) is 2.63. The lowest BCUT2D eigenvalue weighted by Crippen LogP contribution is -2.18. The Balaban J connectivity index is 1.85. The zero-order valence-corrected chi connectivity index (χ0v) is 10.5. The van der Waals surface area contributed by atoms with Crippen LogP contribution in [0.4, 0.5) is 0 Å². The number of aromatic nitrogens is 2. The standard InChI is InChI=1S/C15H16N2O/c1-11-2-4-12(5-3-11)13-6-7-15-16-14(10-18)9-17(15)8-13/h2-5,9-10,13H,6-8H2,1H3. The Kier molecular flexibility index (Phi) is 2.74. The molecule has 2 aromatic rings. The number of benzene rings is 1. The smallest absolute Gasteiger partial charge is 0.170 e. The lowest BCUT2D eigenvalue weighted by atomic mass is 9.91. The van der Waals surface area contributed by atoms with Crippen LogP contribution in [-0.2, 0) is 13.0 Å². The molecule has 1 unspecified atom stereocenters. The van der Waals surface area contributed by atoms with Crippen LogP contribution in [0.3, 0.4) is 0 Å². The molecule has 0 bridgehead atoms. The molecule has 1 aliphatic rings. The number of rotatable bonds is 2. The van der Waals surface area contributed by atoms with Gasteiger partial charge in [0.25, 0.3) is 0 Å². The van der Waals surface area contributed by atoms with Gasteiger partial charge in [-0.05, 0) is 18.9 Å². The minimum Gasteiger partial charge on any atom is -0.334 e. The Labute approximate surface area is 106 Å². The van der Waals surface area contributed by atoms with Crippen LogP contribution in [0, 0.1) is 6.92 Å². The second kappa shape index (κ2) is 4.41. The summed E-state index contributed by atoms with van der Waals surface area (Å²) in [5, 5.41) is 0. The zero-order valence-electron chi connectivity index (χ0n) is 10.5. The molecule has 2 heterocycles. The van der Waals surface area contributed by atoms with Crippen molar-refractivity contribution in [1.29, 1.82) is 0 Å². The number of hydrogen-bond donors (Lipinski definition) is 0. The molecule has 0 N–H and O–H groups in total. The third-order valence-electron chi connectivity index (χ3n) is 3.68. The van der Waals surface area contributed by atoms with E-state index >= 15 is 0 Å². The summed E-state index contributed by atoms with van der Waals surface area (Å²) in [6.07, 6.45) is 4.75. The number of aldehydes is 1. The van der Waals surface area contributed by atoms with Crippen LogP contribution in [0.25, 0.3) is 0 Å². The van der Waals surface area contributed by atoms with Gasteiger partial charge in [-0.1, -0.05) is 29.8 Å². The molecular formula is C15H16N2O. The first-order valence-corrected chi connectivity index (χ1v) is 6.34. The van der Waals surface area contributed by atoms with Gasteiger partial charge in [0.05, 0.1) is 0 Å². The van der Waals surface area contributed by atoms with Gasteiger partial charge in [-0.2, -0.15) is 0 Å². The predicted molar refractivity (Wildman–Crippen MR) is 69.9 cm³/mol. The third-order valence-corrected chi connectivity index (χ3v) is 3.68. The number of fused-ring (bicyclic) bond motifs is 1. The Bertz CT molecular complexity index is 569. The van der Waals surface area contributed by atoms with Crippen molar-refractivity contribution in [1.82, 2.24) is 9.55 Å². The number of aryl methyl sites for hydroxylation is 2. The van der Waals surface area contributed by atoms with Gasteiger partial charge in [-0.15, -0.1) is 0 Å². The van der Waals surface area contributed by atoms with E-state index in [2.05, 4.69) is 40.7 Å². The molecular weight excluding hydrogens is 224 g/mol. The lowest BCUT2D eigenvalue weighted by molar-refractivity contribution is 0.111. The maximum absolute atomic E-state index is 10.7. The average molecular weight is 240 g/mol. The average Bonchev–Trinajstić information content (AvgIpc) is 2.81. The van der Waals surface area contributed by atoms with E-state index in [0.717, 1.165) is 31.5 Å². The summed E-state index contributed by atoms with van der Waals surface area (Å²) in [5.74, 6) is 1.58. The van der Waals surface area contributed by atoms with Crippen LogP contribution in [-0.4, -0.2) is 15.8 Å². The number of nitrogens with zero attached hydrogens (tertiary/aromatic N) is 2. The second-order valence-corrected chi connectivity index (χ2v) is 5.00. The van der Waals surface area contributed by atoms with Crippen molar-refractivity contribution in [2.24, 2.45) is 0 Å². The molecule has 3 nitrogen and oxygen atoms in total. The van der Waals surface area contributed by atoms with Crippen molar-refractivity contribution >= 4 is 6.29 Å². The van der Waals surface area contributed by atoms with Gasteiger partial charge < -0.3 is 4.57 Å². The minimum absolute atomic E-state index is 0.534. The molecule has 0 saturated heterocycles. The van der Waals surface area contributed by atoms with E-state index in [-0.39, 0.29) is 0 Å². The molecule has 3 rings (SSSR count). The molecule has 0 amide bonds. The van der Waals surface area contributed by atoms with Gasteiger partial charge >= 0.3 is 0 Å². The van der Waals surface area contributed by atoms with E-state index in [1.807, 2.05) is 6.20 Å². The lowest BCUT2D eigenvalue weighted by Gasteiger charge is -2.24. The van der Waals surface area contributed by atoms with Gasteiger partial charge in [-0.3, -0.25) is 4.79 Å². The Morgan fingerprint density at radius 3 is 2.83 bits per heavy atom. The van der Waals surface area contributed by atoms with Crippen molar-refractivity contribution in [2.75, 3.05) is 0 Å². The molecule has 0 aliphatic carbocycles. The Morgan fingerprint density at radius 1 is 1.33 bits per heavy atom. The first-order chi connectivity index (χ1) is 8.76. The van der Waals surface area contributed by atoms with E-state index in [1.165, 1.54) is 11.1 Å². The van der Waals surface area contributed by atoms with Gasteiger partial charge in [0.2, 0.25) is 0 Å². The zero-order chi connectivity index (χ0) is 12.5. The molecule has 1 aromatic carbocycles. The van der Waals surface area contributed by atoms with Crippen LogP contribution in [0.2, 0.25) is 0 Å². The van der Waals surface area contributed by atoms with Crippen LogP contribution in [0.5, 0.6) is 0 Å². The summed E-state index contributed by atoms with van der Waals surface area (Å²) in [4.78, 5) is 15.0. The van der Waals surface area contributed by atoms with Gasteiger partial charge in [0, 0.05) is 25.1 Å². The summed E-state index contributed by atoms with van der Waals surface area (Å²) in [6.45, 7) is 3.04. The fourth-order valence-electron chi connectivity index (χ4n) is 2.63. The monoisotopic (exact) mass is 240 g/mol. The molecule has 3 heteroatoms. The highest BCUT2D eigenvalue weighted by Gasteiger charge is 2.21. The van der Waals surface area contributed by atoms with E-state index in [9.17, 15) is 4.79 Å². The summed E-state index contributed by atoms with van der Waals surface area (Å²) >= 11 is 0. The second-order valence-electron chi connectivity index (χ2n) is 5.00. The van der Waals surface area contributed by atoms with Gasteiger partial charge in [-0.25, -0.2) is 4.98 Å². The van der Waals surface area contributed by atoms with Crippen molar-refractivity contribution in [3.63, 3.8) is 0 Å². The first-order valence-electron chi connectivity index (χ1n) is 6.34. The first kappa shape index (κ1) is 11.2. The maximum Gasteiger partial charge on any atom is 0.170 e. The van der Waals surface area contributed by atoms with E-state index in [1.54, 1.807) is 0 Å². The SMILES string of the molecule is Cc1ccc(C2CCc3nc(C=O)cn3C2)cc1. The molecule has 1 aromatic heterocycles. The quantitative estimate of drug-likeness (QED) is 0.756. The largest absolute Gasteiger partial charge is 0.334 e. The maximum atomic E-state index is 10.7. The molecule has 1 atom stereocenters. The number of imidazole rings is 1. The highest BCUT2D eigenvalue weighted by atomic mass is 16.1. The topological polar surface area (TPSA) is 34.9 Å². The summed E-state index contributed by atoms with van der Waals surface area (Å²) in [7, 11) is 0. The number of carbonyl (C=O) groups excluding carboxylic acids is 1. The molecule has 0 radical (unpaired) electrons. The normalized spacial score (nSPS) is 18.4. The summed E-state index contributed by atoms with van der Waals surface area (Å²) < 4.78 is 2.12. The van der Waals surface area contributed by atoms with E-state index in [4.69, 9.17) is 0 Å². The summed E-state index contributed by atoms with van der Waals surface area (Å²) in [5.41, 5.74) is 3.23. The molecule has 1 aliphatic heterocycles. The number of hydrogen-bond acceptors (Lipinski definition) is 2. The molecule has 92 valence electrons. The van der Waals surface area contributed by atoms with Crippen LogP contribution in [0.15, 0.2) is 30.5 Å². The van der Waals surface area contributed by atoms with E-state index in [0.29, 0.717) is 11.6 Å². The highest BCUT2D eigenvalue weighted by Crippen LogP contribution is 2.28. The molecule has 0 saturated carbocycles. The highest BCUT2D eigenvalue weighted by molar-refractivity contribution is 5.71. The van der Waals surface area contributed by atoms with Crippen molar-refractivity contribution in [3.8, 4) is 0 Å². The van der Waals surface area contributed by atoms with Gasteiger partial charge in [0.15, 0.2) is 6.29 Å². The van der Waals surface area contributed by atoms with Gasteiger partial charge in [0.1, 0.15) is 11.5 Å². The van der Waals surface area contributed by atoms with Crippen LogP contribution in [0.1, 0.15) is 39.8 Å². The van der Waals surface area contributed by atoms with Crippen molar-refractivity contribution < 1.29 is 4.79 Å². The minimum atomic E-state index is 0.534. The van der Waals surface area contributed by atoms with E-state index < -0.39 is 0 Å². The Morgan fingerprint density at radius 2 is 2.11 bits per heavy atom. The predicted octanol–water partition coefficient (Wildman–Crippen LogP) is 2.73. The molecule has 0 fully saturated rings. The number of carbonyl (C=O) groups is 1. The van der Waals surface area contributed by atoms with Crippen molar-refractivity contribution in [2.45, 2.75) is 32.2 Å². The Hall–Kier alpha value is -1.90. The third kappa shape index (κ3) is 1.96. The molecule has 18 heavy (non-hydrogen) atoms. The summed E-state index contributed by atoms with van der Waals surface area (Å²) in [6, 6.07) is 8.75.